The first kappa shape index (κ1) is 17.3. The van der Waals surface area contributed by atoms with Crippen LogP contribution in [0, 0.1) is 5.82 Å². The predicted octanol–water partition coefficient (Wildman–Crippen LogP) is 3.91. The van der Waals surface area contributed by atoms with Gasteiger partial charge in [-0.05, 0) is 56.1 Å². The van der Waals surface area contributed by atoms with E-state index in [1.165, 1.54) is 6.07 Å². The van der Waals surface area contributed by atoms with Crippen molar-refractivity contribution in [3.63, 3.8) is 0 Å². The van der Waals surface area contributed by atoms with Gasteiger partial charge in [-0.15, -0.1) is 0 Å². The Morgan fingerprint density at radius 2 is 1.83 bits per heavy atom. The molecule has 1 unspecified atom stereocenters. The summed E-state index contributed by atoms with van der Waals surface area (Å²) in [6, 6.07) is 12.5. The SMILES string of the molecule is CCOc1ccc(CC(CN)c2cccc(F)c2)c(OCC)c1. The number of halogens is 1. The summed E-state index contributed by atoms with van der Waals surface area (Å²) in [5, 5.41) is 0. The molecule has 0 spiro atoms. The lowest BCUT2D eigenvalue weighted by atomic mass is 9.91. The molecule has 0 aliphatic rings. The molecule has 0 radical (unpaired) electrons. The molecule has 0 aliphatic carbocycles. The number of hydrogen-bond donors (Lipinski definition) is 1. The van der Waals surface area contributed by atoms with Crippen LogP contribution in [0.4, 0.5) is 4.39 Å². The second kappa shape index (κ2) is 8.53. The number of ether oxygens (including phenoxy) is 2. The molecule has 0 saturated carbocycles. The van der Waals surface area contributed by atoms with Gasteiger partial charge >= 0.3 is 0 Å². The molecule has 124 valence electrons. The van der Waals surface area contributed by atoms with E-state index in [9.17, 15) is 4.39 Å². The number of benzene rings is 2. The summed E-state index contributed by atoms with van der Waals surface area (Å²) in [7, 11) is 0. The molecular formula is C19H24FNO2. The highest BCUT2D eigenvalue weighted by Crippen LogP contribution is 2.30. The van der Waals surface area contributed by atoms with Crippen LogP contribution in [0.2, 0.25) is 0 Å². The van der Waals surface area contributed by atoms with E-state index in [0.29, 0.717) is 26.2 Å². The third-order valence-corrected chi connectivity index (χ3v) is 3.72. The summed E-state index contributed by atoms with van der Waals surface area (Å²) in [5.41, 5.74) is 7.87. The first-order chi connectivity index (χ1) is 11.2. The van der Waals surface area contributed by atoms with Crippen molar-refractivity contribution in [2.75, 3.05) is 19.8 Å². The van der Waals surface area contributed by atoms with Crippen molar-refractivity contribution in [3.8, 4) is 11.5 Å². The highest BCUT2D eigenvalue weighted by atomic mass is 19.1. The molecule has 0 aliphatic heterocycles. The van der Waals surface area contributed by atoms with Gasteiger partial charge in [0.25, 0.3) is 0 Å². The molecule has 2 rings (SSSR count). The maximum atomic E-state index is 13.5. The van der Waals surface area contributed by atoms with Crippen molar-refractivity contribution in [2.45, 2.75) is 26.2 Å². The van der Waals surface area contributed by atoms with Crippen molar-refractivity contribution < 1.29 is 13.9 Å². The molecule has 0 bridgehead atoms. The number of nitrogens with two attached hydrogens (primary N) is 1. The summed E-state index contributed by atoms with van der Waals surface area (Å²) in [6.07, 6.45) is 0.696. The minimum absolute atomic E-state index is 0.0443. The standard InChI is InChI=1S/C19H24FNO2/c1-3-22-18-9-8-15(19(12-18)23-4-2)10-16(13-21)14-6-5-7-17(20)11-14/h5-9,11-12,16H,3-4,10,13,21H2,1-2H3. The van der Waals surface area contributed by atoms with E-state index in [1.54, 1.807) is 12.1 Å². The van der Waals surface area contributed by atoms with E-state index in [1.807, 2.05) is 38.1 Å². The molecule has 1 atom stereocenters. The van der Waals surface area contributed by atoms with E-state index in [2.05, 4.69) is 0 Å². The molecule has 0 aromatic heterocycles. The second-order valence-corrected chi connectivity index (χ2v) is 5.33. The van der Waals surface area contributed by atoms with Gasteiger partial charge < -0.3 is 15.2 Å². The van der Waals surface area contributed by atoms with Gasteiger partial charge in [0.05, 0.1) is 13.2 Å². The van der Waals surface area contributed by atoms with Gasteiger partial charge in [0.1, 0.15) is 17.3 Å². The molecule has 0 saturated heterocycles. The van der Waals surface area contributed by atoms with Crippen LogP contribution < -0.4 is 15.2 Å². The Labute approximate surface area is 137 Å². The second-order valence-electron chi connectivity index (χ2n) is 5.33. The zero-order valence-corrected chi connectivity index (χ0v) is 13.7. The maximum Gasteiger partial charge on any atom is 0.126 e. The zero-order chi connectivity index (χ0) is 16.7. The van der Waals surface area contributed by atoms with Crippen LogP contribution in [0.5, 0.6) is 11.5 Å². The average molecular weight is 317 g/mol. The van der Waals surface area contributed by atoms with Crippen molar-refractivity contribution in [1.29, 1.82) is 0 Å². The van der Waals surface area contributed by atoms with Crippen LogP contribution in [-0.2, 0) is 6.42 Å². The number of rotatable bonds is 8. The fourth-order valence-corrected chi connectivity index (χ4v) is 2.61. The molecule has 3 nitrogen and oxygen atoms in total. The molecule has 2 N–H and O–H groups in total. The molecule has 2 aromatic carbocycles. The van der Waals surface area contributed by atoms with Gasteiger partial charge in [-0.1, -0.05) is 18.2 Å². The molecule has 0 fully saturated rings. The Bertz CT molecular complexity index is 631. The minimum atomic E-state index is -0.238. The summed E-state index contributed by atoms with van der Waals surface area (Å²) in [4.78, 5) is 0. The summed E-state index contributed by atoms with van der Waals surface area (Å²) < 4.78 is 24.7. The molecule has 2 aromatic rings. The Morgan fingerprint density at radius 3 is 2.48 bits per heavy atom. The van der Waals surface area contributed by atoms with Gasteiger partial charge in [0, 0.05) is 12.0 Å². The van der Waals surface area contributed by atoms with E-state index >= 15 is 0 Å². The third-order valence-electron chi connectivity index (χ3n) is 3.72. The summed E-state index contributed by atoms with van der Waals surface area (Å²) in [6.45, 7) is 5.53. The van der Waals surface area contributed by atoms with E-state index in [-0.39, 0.29) is 11.7 Å². The van der Waals surface area contributed by atoms with Gasteiger partial charge in [-0.3, -0.25) is 0 Å². The van der Waals surface area contributed by atoms with Gasteiger partial charge in [-0.2, -0.15) is 0 Å². The van der Waals surface area contributed by atoms with E-state index < -0.39 is 0 Å². The van der Waals surface area contributed by atoms with Crippen LogP contribution in [0.3, 0.4) is 0 Å². The fraction of sp³-hybridized carbons (Fsp3) is 0.368. The largest absolute Gasteiger partial charge is 0.494 e. The Hall–Kier alpha value is -2.07. The molecule has 4 heteroatoms. The normalized spacial score (nSPS) is 12.0. The van der Waals surface area contributed by atoms with Crippen molar-refractivity contribution >= 4 is 0 Å². The van der Waals surface area contributed by atoms with Crippen LogP contribution in [0.1, 0.15) is 30.9 Å². The monoisotopic (exact) mass is 317 g/mol. The number of hydrogen-bond acceptors (Lipinski definition) is 3. The molecule has 0 heterocycles. The van der Waals surface area contributed by atoms with Crippen LogP contribution in [-0.4, -0.2) is 19.8 Å². The highest BCUT2D eigenvalue weighted by molar-refractivity contribution is 5.42. The quantitative estimate of drug-likeness (QED) is 0.803. The average Bonchev–Trinajstić information content (AvgIpc) is 2.55. The topological polar surface area (TPSA) is 44.5 Å². The van der Waals surface area contributed by atoms with E-state index in [4.69, 9.17) is 15.2 Å². The first-order valence-electron chi connectivity index (χ1n) is 8.02. The molecular weight excluding hydrogens is 293 g/mol. The van der Waals surface area contributed by atoms with Gasteiger partial charge in [0.2, 0.25) is 0 Å². The smallest absolute Gasteiger partial charge is 0.126 e. The third kappa shape index (κ3) is 4.70. The van der Waals surface area contributed by atoms with Crippen LogP contribution in [0.15, 0.2) is 42.5 Å². The van der Waals surface area contributed by atoms with Crippen LogP contribution >= 0.6 is 0 Å². The lowest BCUT2D eigenvalue weighted by Gasteiger charge is -2.18. The van der Waals surface area contributed by atoms with Crippen molar-refractivity contribution in [1.82, 2.24) is 0 Å². The Kier molecular flexibility index (Phi) is 6.41. The lowest BCUT2D eigenvalue weighted by molar-refractivity contribution is 0.320. The minimum Gasteiger partial charge on any atom is -0.494 e. The lowest BCUT2D eigenvalue weighted by Crippen LogP contribution is -2.16. The van der Waals surface area contributed by atoms with Gasteiger partial charge in [0.15, 0.2) is 0 Å². The van der Waals surface area contributed by atoms with E-state index in [0.717, 1.165) is 22.6 Å². The maximum absolute atomic E-state index is 13.5. The van der Waals surface area contributed by atoms with Gasteiger partial charge in [-0.25, -0.2) is 4.39 Å². The predicted molar refractivity (Wildman–Crippen MR) is 90.7 cm³/mol. The fourth-order valence-electron chi connectivity index (χ4n) is 2.61. The van der Waals surface area contributed by atoms with Crippen molar-refractivity contribution in [2.24, 2.45) is 5.73 Å². The Balaban J connectivity index is 2.25. The Morgan fingerprint density at radius 1 is 1.04 bits per heavy atom. The van der Waals surface area contributed by atoms with Crippen molar-refractivity contribution in [3.05, 3.63) is 59.4 Å². The zero-order valence-electron chi connectivity index (χ0n) is 13.7. The first-order valence-corrected chi connectivity index (χ1v) is 8.02. The summed E-state index contributed by atoms with van der Waals surface area (Å²) >= 11 is 0. The molecule has 0 amide bonds. The van der Waals surface area contributed by atoms with Crippen LogP contribution in [0.25, 0.3) is 0 Å². The summed E-state index contributed by atoms with van der Waals surface area (Å²) in [5.74, 6) is 1.39. The molecule has 23 heavy (non-hydrogen) atoms. The highest BCUT2D eigenvalue weighted by Gasteiger charge is 2.15.